The van der Waals surface area contributed by atoms with Crippen molar-refractivity contribution in [2.24, 2.45) is 5.14 Å². The van der Waals surface area contributed by atoms with Crippen LogP contribution in [-0.2, 0) is 10.0 Å². The van der Waals surface area contributed by atoms with Gasteiger partial charge in [-0.1, -0.05) is 0 Å². The number of sulfonamides is 1. The van der Waals surface area contributed by atoms with Gasteiger partial charge in [0.15, 0.2) is 0 Å². The van der Waals surface area contributed by atoms with Gasteiger partial charge >= 0.3 is 0 Å². The molecule has 0 spiro atoms. The summed E-state index contributed by atoms with van der Waals surface area (Å²) in [7, 11) is -3.62. The Morgan fingerprint density at radius 1 is 1.27 bits per heavy atom. The number of primary sulfonamides is 1. The van der Waals surface area contributed by atoms with Crippen molar-refractivity contribution in [1.82, 2.24) is 0 Å². The van der Waals surface area contributed by atoms with Crippen molar-refractivity contribution in [2.75, 3.05) is 11.9 Å². The Hall–Kier alpha value is -1.07. The summed E-state index contributed by atoms with van der Waals surface area (Å²) in [6.07, 6.45) is 0. The molecule has 4 nitrogen and oxygen atoms in total. The van der Waals surface area contributed by atoms with Crippen LogP contribution in [0.25, 0.3) is 0 Å². The van der Waals surface area contributed by atoms with Gasteiger partial charge in [-0.25, -0.2) is 13.6 Å². The molecule has 1 rings (SSSR count). The summed E-state index contributed by atoms with van der Waals surface area (Å²) in [4.78, 5) is 0.226. The average Bonchev–Trinajstić information content (AvgIpc) is 1.99. The highest BCUT2D eigenvalue weighted by Gasteiger charge is 2.15. The van der Waals surface area contributed by atoms with E-state index in [-0.39, 0.29) is 4.90 Å². The van der Waals surface area contributed by atoms with Gasteiger partial charge in [0, 0.05) is 12.2 Å². The molecule has 0 amide bonds. The highest BCUT2D eigenvalue weighted by molar-refractivity contribution is 7.89. The smallest absolute Gasteiger partial charge is 0.238 e. The van der Waals surface area contributed by atoms with Crippen molar-refractivity contribution in [2.45, 2.75) is 25.7 Å². The lowest BCUT2D eigenvalue weighted by Gasteiger charge is -2.11. The molecule has 15 heavy (non-hydrogen) atoms. The minimum absolute atomic E-state index is 0.226. The summed E-state index contributed by atoms with van der Waals surface area (Å²) in [5.41, 5.74) is 2.27. The number of rotatable bonds is 3. The molecular weight excluding hydrogens is 212 g/mol. The van der Waals surface area contributed by atoms with Crippen molar-refractivity contribution in [1.29, 1.82) is 0 Å². The molecule has 0 aliphatic rings. The normalized spacial score (nSPS) is 11.5. The Balaban J connectivity index is 3.34. The maximum Gasteiger partial charge on any atom is 0.238 e. The molecule has 1 aromatic rings. The van der Waals surface area contributed by atoms with Gasteiger partial charge in [-0.2, -0.15) is 0 Å². The van der Waals surface area contributed by atoms with Crippen LogP contribution in [0.1, 0.15) is 18.1 Å². The molecule has 84 valence electrons. The van der Waals surface area contributed by atoms with Gasteiger partial charge in [0.1, 0.15) is 0 Å². The molecule has 0 aliphatic carbocycles. The lowest BCUT2D eigenvalue weighted by atomic mass is 10.1. The largest absolute Gasteiger partial charge is 0.385 e. The molecule has 0 radical (unpaired) electrons. The van der Waals surface area contributed by atoms with Crippen LogP contribution >= 0.6 is 0 Å². The summed E-state index contributed by atoms with van der Waals surface area (Å²) in [6.45, 7) is 6.27. The topological polar surface area (TPSA) is 72.2 Å². The van der Waals surface area contributed by atoms with E-state index in [1.807, 2.05) is 6.92 Å². The van der Waals surface area contributed by atoms with Crippen LogP contribution < -0.4 is 10.5 Å². The van der Waals surface area contributed by atoms with Crippen molar-refractivity contribution >= 4 is 15.7 Å². The lowest BCUT2D eigenvalue weighted by molar-refractivity contribution is 0.596. The number of hydrogen-bond donors (Lipinski definition) is 2. The first kappa shape index (κ1) is 12.0. The Bertz CT molecular complexity index is 443. The van der Waals surface area contributed by atoms with Crippen LogP contribution in [0.3, 0.4) is 0 Å². The number of benzene rings is 1. The van der Waals surface area contributed by atoms with Gasteiger partial charge < -0.3 is 5.32 Å². The molecule has 0 fully saturated rings. The number of nitrogens with two attached hydrogens (primary N) is 1. The van der Waals surface area contributed by atoms with E-state index in [0.717, 1.165) is 12.2 Å². The molecule has 0 aliphatic heterocycles. The third-order valence-electron chi connectivity index (χ3n) is 2.13. The van der Waals surface area contributed by atoms with Gasteiger partial charge in [0.25, 0.3) is 0 Å². The van der Waals surface area contributed by atoms with Crippen LogP contribution in [0.5, 0.6) is 0 Å². The van der Waals surface area contributed by atoms with E-state index in [1.165, 1.54) is 0 Å². The number of nitrogens with one attached hydrogen (secondary N) is 1. The fourth-order valence-corrected chi connectivity index (χ4v) is 2.72. The molecule has 3 N–H and O–H groups in total. The predicted octanol–water partition coefficient (Wildman–Crippen LogP) is 1.38. The second kappa shape index (κ2) is 4.20. The Morgan fingerprint density at radius 2 is 1.73 bits per heavy atom. The molecule has 0 saturated heterocycles. The standard InChI is InChI=1S/C10H16N2O2S/c1-4-12-9-5-7(2)10(8(3)6-9)15(11,13)14/h5-6,12H,4H2,1-3H3,(H2,11,13,14). The molecule has 0 saturated carbocycles. The third kappa shape index (κ3) is 2.70. The quantitative estimate of drug-likeness (QED) is 0.821. The second-order valence-corrected chi connectivity index (χ2v) is 5.01. The van der Waals surface area contributed by atoms with Crippen LogP contribution in [0, 0.1) is 13.8 Å². The summed E-state index contributed by atoms with van der Waals surface area (Å²) in [5.74, 6) is 0. The van der Waals surface area contributed by atoms with Crippen LogP contribution in [-0.4, -0.2) is 15.0 Å². The molecule has 0 unspecified atom stereocenters. The summed E-state index contributed by atoms with van der Waals surface area (Å²) < 4.78 is 22.6. The molecule has 0 aromatic heterocycles. The van der Waals surface area contributed by atoms with E-state index in [0.29, 0.717) is 11.1 Å². The van der Waals surface area contributed by atoms with Gasteiger partial charge in [0.05, 0.1) is 4.90 Å². The number of anilines is 1. The minimum atomic E-state index is -3.62. The SMILES string of the molecule is CCNc1cc(C)c(S(N)(=O)=O)c(C)c1. The zero-order valence-electron chi connectivity index (χ0n) is 9.16. The molecule has 5 heteroatoms. The third-order valence-corrected chi connectivity index (χ3v) is 3.34. The van der Waals surface area contributed by atoms with E-state index >= 15 is 0 Å². The Morgan fingerprint density at radius 3 is 2.07 bits per heavy atom. The molecule has 0 atom stereocenters. The first-order valence-corrected chi connectivity index (χ1v) is 6.28. The van der Waals surface area contributed by atoms with Gasteiger partial charge in [-0.15, -0.1) is 0 Å². The first-order valence-electron chi connectivity index (χ1n) is 4.74. The maximum absolute atomic E-state index is 11.3. The van der Waals surface area contributed by atoms with E-state index in [4.69, 9.17) is 5.14 Å². The monoisotopic (exact) mass is 228 g/mol. The van der Waals surface area contributed by atoms with E-state index in [9.17, 15) is 8.42 Å². The zero-order chi connectivity index (χ0) is 11.6. The van der Waals surface area contributed by atoms with Crippen LogP contribution in [0.4, 0.5) is 5.69 Å². The second-order valence-electron chi connectivity index (χ2n) is 3.51. The fourth-order valence-electron chi connectivity index (χ4n) is 1.71. The fraction of sp³-hybridized carbons (Fsp3) is 0.400. The average molecular weight is 228 g/mol. The molecular formula is C10H16N2O2S. The van der Waals surface area contributed by atoms with Gasteiger partial charge in [0.2, 0.25) is 10.0 Å². The van der Waals surface area contributed by atoms with Crippen LogP contribution in [0.2, 0.25) is 0 Å². The summed E-state index contributed by atoms with van der Waals surface area (Å²) in [5, 5.41) is 8.27. The molecule has 1 aromatic carbocycles. The number of hydrogen-bond acceptors (Lipinski definition) is 3. The summed E-state index contributed by atoms with van der Waals surface area (Å²) in [6, 6.07) is 3.58. The van der Waals surface area contributed by atoms with Gasteiger partial charge in [-0.3, -0.25) is 0 Å². The van der Waals surface area contributed by atoms with Crippen molar-refractivity contribution in [3.63, 3.8) is 0 Å². The number of aryl methyl sites for hydroxylation is 2. The van der Waals surface area contributed by atoms with Gasteiger partial charge in [-0.05, 0) is 44.0 Å². The zero-order valence-corrected chi connectivity index (χ0v) is 9.98. The molecule has 0 heterocycles. The van der Waals surface area contributed by atoms with Crippen molar-refractivity contribution < 1.29 is 8.42 Å². The maximum atomic E-state index is 11.3. The lowest BCUT2D eigenvalue weighted by Crippen LogP contribution is -2.15. The van der Waals surface area contributed by atoms with Crippen molar-refractivity contribution in [3.8, 4) is 0 Å². The predicted molar refractivity (Wildman–Crippen MR) is 61.5 cm³/mol. The van der Waals surface area contributed by atoms with Crippen LogP contribution in [0.15, 0.2) is 17.0 Å². The van der Waals surface area contributed by atoms with E-state index < -0.39 is 10.0 Å². The highest BCUT2D eigenvalue weighted by Crippen LogP contribution is 2.23. The summed E-state index contributed by atoms with van der Waals surface area (Å²) >= 11 is 0. The van der Waals surface area contributed by atoms with E-state index in [1.54, 1.807) is 26.0 Å². The molecule has 0 bridgehead atoms. The highest BCUT2D eigenvalue weighted by atomic mass is 32.2. The first-order chi connectivity index (χ1) is 6.86. The van der Waals surface area contributed by atoms with E-state index in [2.05, 4.69) is 5.32 Å². The Kier molecular flexibility index (Phi) is 3.36. The van der Waals surface area contributed by atoms with Crippen molar-refractivity contribution in [3.05, 3.63) is 23.3 Å². The Labute approximate surface area is 90.5 Å². The minimum Gasteiger partial charge on any atom is -0.385 e.